The minimum Gasteiger partial charge on any atom is -0.490 e. The standard InChI is InChI=1S/C36H35Br2NO4/c1-2-42-32-21-25(20-27(38)36(32)43-22-24-14-16-26(37)17-15-24)33-34-28(10-6-12-30(34)40)39(19-18-23-8-4-3-5-9-23)29-11-7-13-31(41)35(29)33/h3-5,8-9,14-17,20-21,33H,2,6-7,10-13,18-19,22H2,1H3. The van der Waals surface area contributed by atoms with Crippen LogP contribution in [0.5, 0.6) is 11.5 Å². The summed E-state index contributed by atoms with van der Waals surface area (Å²) in [7, 11) is 0. The molecule has 0 saturated heterocycles. The molecule has 3 aromatic rings. The Labute approximate surface area is 270 Å². The van der Waals surface area contributed by atoms with Crippen molar-refractivity contribution in [2.75, 3.05) is 13.2 Å². The highest BCUT2D eigenvalue weighted by Crippen LogP contribution is 2.51. The Kier molecular flexibility index (Phi) is 9.20. The van der Waals surface area contributed by atoms with E-state index < -0.39 is 5.92 Å². The van der Waals surface area contributed by atoms with Crippen molar-refractivity contribution in [2.24, 2.45) is 0 Å². The van der Waals surface area contributed by atoms with E-state index in [0.717, 1.165) is 81.3 Å². The van der Waals surface area contributed by atoms with E-state index in [4.69, 9.17) is 9.47 Å². The first-order valence-electron chi connectivity index (χ1n) is 15.1. The van der Waals surface area contributed by atoms with Crippen LogP contribution in [0.25, 0.3) is 0 Å². The summed E-state index contributed by atoms with van der Waals surface area (Å²) in [6, 6.07) is 22.4. The predicted octanol–water partition coefficient (Wildman–Crippen LogP) is 8.85. The van der Waals surface area contributed by atoms with Gasteiger partial charge in [0.15, 0.2) is 23.1 Å². The zero-order chi connectivity index (χ0) is 29.9. The van der Waals surface area contributed by atoms with Gasteiger partial charge in [-0.25, -0.2) is 0 Å². The molecule has 2 aliphatic carbocycles. The van der Waals surface area contributed by atoms with E-state index in [9.17, 15) is 9.59 Å². The number of hydrogen-bond donors (Lipinski definition) is 0. The van der Waals surface area contributed by atoms with Gasteiger partial charge in [-0.1, -0.05) is 58.4 Å². The summed E-state index contributed by atoms with van der Waals surface area (Å²) < 4.78 is 14.2. The van der Waals surface area contributed by atoms with Gasteiger partial charge in [-0.2, -0.15) is 0 Å². The minimum absolute atomic E-state index is 0.144. The lowest BCUT2D eigenvalue weighted by Gasteiger charge is -2.44. The molecule has 222 valence electrons. The molecule has 3 aliphatic rings. The maximum absolute atomic E-state index is 13.8. The molecule has 0 atom stereocenters. The molecule has 0 spiro atoms. The third kappa shape index (κ3) is 6.25. The summed E-state index contributed by atoms with van der Waals surface area (Å²) >= 11 is 7.25. The van der Waals surface area contributed by atoms with Crippen LogP contribution in [0.4, 0.5) is 0 Å². The van der Waals surface area contributed by atoms with Crippen molar-refractivity contribution in [1.82, 2.24) is 4.90 Å². The van der Waals surface area contributed by atoms with Crippen LogP contribution in [0.15, 0.2) is 98.2 Å². The molecule has 0 aromatic heterocycles. The minimum atomic E-state index is -0.408. The molecule has 0 fully saturated rings. The maximum Gasteiger partial charge on any atom is 0.175 e. The zero-order valence-electron chi connectivity index (χ0n) is 24.3. The van der Waals surface area contributed by atoms with Gasteiger partial charge in [0, 0.05) is 52.3 Å². The summed E-state index contributed by atoms with van der Waals surface area (Å²) in [5, 5.41) is 0. The van der Waals surface area contributed by atoms with Gasteiger partial charge in [0.1, 0.15) is 6.61 Å². The van der Waals surface area contributed by atoms with Gasteiger partial charge in [-0.3, -0.25) is 9.59 Å². The summed E-state index contributed by atoms with van der Waals surface area (Å²) in [4.78, 5) is 29.9. The first kappa shape index (κ1) is 29.9. The van der Waals surface area contributed by atoms with Crippen LogP contribution in [0, 0.1) is 0 Å². The monoisotopic (exact) mass is 703 g/mol. The number of Topliss-reactive ketones (excluding diaryl/α,β-unsaturated/α-hetero) is 2. The van der Waals surface area contributed by atoms with Crippen molar-refractivity contribution >= 4 is 43.4 Å². The first-order valence-corrected chi connectivity index (χ1v) is 16.7. The third-order valence-electron chi connectivity index (χ3n) is 8.51. The normalized spacial score (nSPS) is 17.2. The van der Waals surface area contributed by atoms with E-state index in [-0.39, 0.29) is 11.6 Å². The van der Waals surface area contributed by atoms with Gasteiger partial charge in [0.25, 0.3) is 0 Å². The van der Waals surface area contributed by atoms with Crippen LogP contribution in [0.1, 0.15) is 68.1 Å². The number of nitrogens with zero attached hydrogens (tertiary/aromatic N) is 1. The quantitative estimate of drug-likeness (QED) is 0.223. The van der Waals surface area contributed by atoms with Crippen LogP contribution in [0.2, 0.25) is 0 Å². The van der Waals surface area contributed by atoms with E-state index >= 15 is 0 Å². The second kappa shape index (κ2) is 13.2. The van der Waals surface area contributed by atoms with Crippen molar-refractivity contribution < 1.29 is 19.1 Å². The van der Waals surface area contributed by atoms with Crippen molar-refractivity contribution in [3.63, 3.8) is 0 Å². The van der Waals surface area contributed by atoms with Gasteiger partial charge in [-0.05, 0) is 95.9 Å². The molecule has 0 bridgehead atoms. The second-order valence-corrected chi connectivity index (χ2v) is 13.0. The number of benzene rings is 3. The molecule has 0 saturated carbocycles. The highest BCUT2D eigenvalue weighted by molar-refractivity contribution is 9.10. The zero-order valence-corrected chi connectivity index (χ0v) is 27.5. The fourth-order valence-corrected chi connectivity index (χ4v) is 7.44. The molecule has 3 aromatic carbocycles. The van der Waals surface area contributed by atoms with Gasteiger partial charge < -0.3 is 14.4 Å². The highest BCUT2D eigenvalue weighted by Gasteiger charge is 2.43. The number of carbonyl (C=O) groups is 2. The molecule has 5 nitrogen and oxygen atoms in total. The largest absolute Gasteiger partial charge is 0.490 e. The SMILES string of the molecule is CCOc1cc(C2C3=C(CCCC3=O)N(CCc3ccccc3)C3=C2C(=O)CCC3)cc(Br)c1OCc1ccc(Br)cc1. The molecule has 0 amide bonds. The lowest BCUT2D eigenvalue weighted by Crippen LogP contribution is -2.40. The number of ether oxygens (including phenoxy) is 2. The van der Waals surface area contributed by atoms with E-state index in [1.807, 2.05) is 49.4 Å². The topological polar surface area (TPSA) is 55.8 Å². The lowest BCUT2D eigenvalue weighted by atomic mass is 9.71. The van der Waals surface area contributed by atoms with E-state index in [2.05, 4.69) is 61.0 Å². The molecule has 1 aliphatic heterocycles. The van der Waals surface area contributed by atoms with E-state index in [1.54, 1.807) is 0 Å². The van der Waals surface area contributed by atoms with Crippen molar-refractivity contribution in [3.05, 3.63) is 115 Å². The van der Waals surface area contributed by atoms with Crippen LogP contribution in [0.3, 0.4) is 0 Å². The molecule has 1 heterocycles. The average Bonchev–Trinajstić information content (AvgIpc) is 3.01. The predicted molar refractivity (Wildman–Crippen MR) is 175 cm³/mol. The van der Waals surface area contributed by atoms with Gasteiger partial charge >= 0.3 is 0 Å². The van der Waals surface area contributed by atoms with E-state index in [1.165, 1.54) is 5.56 Å². The summed E-state index contributed by atoms with van der Waals surface area (Å²) in [6.07, 6.45) is 5.21. The van der Waals surface area contributed by atoms with Gasteiger partial charge in [0.2, 0.25) is 0 Å². The van der Waals surface area contributed by atoms with Gasteiger partial charge in [0.05, 0.1) is 11.1 Å². The summed E-state index contributed by atoms with van der Waals surface area (Å²) in [6.45, 7) is 3.54. The maximum atomic E-state index is 13.8. The Bertz CT molecular complexity index is 1550. The molecule has 6 rings (SSSR count). The Hall–Kier alpha value is -3.16. The van der Waals surface area contributed by atoms with Gasteiger partial charge in [-0.15, -0.1) is 0 Å². The number of hydrogen-bond acceptors (Lipinski definition) is 5. The molecular weight excluding hydrogens is 670 g/mol. The number of allylic oxidation sites excluding steroid dienone is 4. The fourth-order valence-electron chi connectivity index (χ4n) is 6.60. The van der Waals surface area contributed by atoms with Crippen LogP contribution in [-0.2, 0) is 22.6 Å². The third-order valence-corrected chi connectivity index (χ3v) is 9.63. The highest BCUT2D eigenvalue weighted by atomic mass is 79.9. The van der Waals surface area contributed by atoms with Crippen molar-refractivity contribution in [1.29, 1.82) is 0 Å². The molecule has 0 radical (unpaired) electrons. The molecule has 43 heavy (non-hydrogen) atoms. The smallest absolute Gasteiger partial charge is 0.175 e. The Morgan fingerprint density at radius 1 is 0.791 bits per heavy atom. The van der Waals surface area contributed by atoms with Crippen LogP contribution in [-0.4, -0.2) is 29.6 Å². The Morgan fingerprint density at radius 2 is 1.44 bits per heavy atom. The summed E-state index contributed by atoms with van der Waals surface area (Å²) in [5.74, 6) is 1.10. The number of rotatable bonds is 9. The van der Waals surface area contributed by atoms with Crippen molar-refractivity contribution in [3.8, 4) is 11.5 Å². The lowest BCUT2D eigenvalue weighted by molar-refractivity contribution is -0.117. The number of halogens is 2. The molecule has 0 N–H and O–H groups in total. The van der Waals surface area contributed by atoms with Crippen LogP contribution < -0.4 is 9.47 Å². The van der Waals surface area contributed by atoms with Crippen molar-refractivity contribution in [2.45, 2.75) is 64.4 Å². The van der Waals surface area contributed by atoms with Crippen LogP contribution >= 0.6 is 31.9 Å². The molecule has 0 unspecified atom stereocenters. The average molecular weight is 705 g/mol. The fraction of sp³-hybridized carbons (Fsp3) is 0.333. The molecular formula is C36H35Br2NO4. The Morgan fingerprint density at radius 3 is 2.07 bits per heavy atom. The molecule has 7 heteroatoms. The number of ketones is 2. The number of carbonyl (C=O) groups excluding carboxylic acids is 2. The Balaban J connectivity index is 1.41. The second-order valence-electron chi connectivity index (χ2n) is 11.3. The first-order chi connectivity index (χ1) is 20.9. The summed E-state index contributed by atoms with van der Waals surface area (Å²) in [5.41, 5.74) is 6.93. The van der Waals surface area contributed by atoms with E-state index in [0.29, 0.717) is 37.6 Å².